The Morgan fingerprint density at radius 2 is 1.67 bits per heavy atom. The van der Waals surface area contributed by atoms with Gasteiger partial charge in [0.15, 0.2) is 0 Å². The Balaban J connectivity index is 1.79. The van der Waals surface area contributed by atoms with Crippen LogP contribution in [0.15, 0.2) is 64.5 Å². The van der Waals surface area contributed by atoms with Gasteiger partial charge in [-0.1, -0.05) is 30.3 Å². The first-order valence-corrected chi connectivity index (χ1v) is 10.1. The summed E-state index contributed by atoms with van der Waals surface area (Å²) in [6.07, 6.45) is 0. The molecule has 4 rings (SSSR count). The molecule has 30 heavy (non-hydrogen) atoms. The second kappa shape index (κ2) is 8.59. The molecule has 1 aromatic heterocycles. The van der Waals surface area contributed by atoms with Gasteiger partial charge in [0.05, 0.1) is 29.8 Å². The summed E-state index contributed by atoms with van der Waals surface area (Å²) < 4.78 is 6.81. The first-order chi connectivity index (χ1) is 14.6. The smallest absolute Gasteiger partial charge is 0.281 e. The van der Waals surface area contributed by atoms with Crippen molar-refractivity contribution in [3.63, 3.8) is 0 Å². The molecule has 156 valence electrons. The van der Waals surface area contributed by atoms with Gasteiger partial charge in [0.1, 0.15) is 5.75 Å². The first-order valence-electron chi connectivity index (χ1n) is 10.1. The van der Waals surface area contributed by atoms with Crippen molar-refractivity contribution in [1.29, 1.82) is 0 Å². The Bertz CT molecular complexity index is 1080. The molecule has 0 radical (unpaired) electrons. The van der Waals surface area contributed by atoms with E-state index in [1.807, 2.05) is 66.5 Å². The Kier molecular flexibility index (Phi) is 5.72. The second-order valence-corrected chi connectivity index (χ2v) is 7.51. The number of aromatic amines is 1. The molecule has 2 aromatic carbocycles. The van der Waals surface area contributed by atoms with Crippen molar-refractivity contribution in [1.82, 2.24) is 19.7 Å². The van der Waals surface area contributed by atoms with Crippen molar-refractivity contribution in [2.75, 3.05) is 40.3 Å². The number of methoxy groups -OCH3 is 1. The predicted octanol–water partition coefficient (Wildman–Crippen LogP) is 2.81. The van der Waals surface area contributed by atoms with E-state index in [0.29, 0.717) is 11.3 Å². The van der Waals surface area contributed by atoms with Gasteiger partial charge in [0.2, 0.25) is 0 Å². The third kappa shape index (κ3) is 4.02. The van der Waals surface area contributed by atoms with Gasteiger partial charge in [-0.2, -0.15) is 5.10 Å². The van der Waals surface area contributed by atoms with Crippen LogP contribution in [0.5, 0.6) is 5.75 Å². The minimum Gasteiger partial charge on any atom is -0.497 e. The molecule has 7 nitrogen and oxygen atoms in total. The zero-order valence-corrected chi connectivity index (χ0v) is 17.6. The number of benzene rings is 2. The van der Waals surface area contributed by atoms with Crippen molar-refractivity contribution in [2.45, 2.75) is 6.92 Å². The summed E-state index contributed by atoms with van der Waals surface area (Å²) in [5, 5.41) is 10.1. The molecule has 0 spiro atoms. The minimum atomic E-state index is -0.116. The fourth-order valence-electron chi connectivity index (χ4n) is 3.66. The topological polar surface area (TPSA) is 65.9 Å². The van der Waals surface area contributed by atoms with E-state index in [2.05, 4.69) is 17.0 Å². The Hall–Kier alpha value is -3.32. The van der Waals surface area contributed by atoms with E-state index in [1.54, 1.807) is 11.8 Å². The Labute approximate surface area is 176 Å². The molecule has 0 amide bonds. The lowest BCUT2D eigenvalue weighted by molar-refractivity contribution is 0.159. The quantitative estimate of drug-likeness (QED) is 0.663. The summed E-state index contributed by atoms with van der Waals surface area (Å²) in [6, 6.07) is 17.3. The number of ether oxygens (including phenoxy) is 1. The zero-order chi connectivity index (χ0) is 21.1. The number of nitrogens with zero attached hydrogens (tertiary/aromatic N) is 4. The van der Waals surface area contributed by atoms with Gasteiger partial charge in [-0.15, -0.1) is 0 Å². The summed E-state index contributed by atoms with van der Waals surface area (Å²) in [4.78, 5) is 15.7. The molecular formula is C23H27N5O2. The molecule has 2 heterocycles. The maximum atomic E-state index is 13.4. The normalized spacial score (nSPS) is 15.4. The van der Waals surface area contributed by atoms with Gasteiger partial charge in [0, 0.05) is 31.7 Å². The third-order valence-electron chi connectivity index (χ3n) is 5.42. The van der Waals surface area contributed by atoms with Crippen LogP contribution in [0.3, 0.4) is 0 Å². The maximum Gasteiger partial charge on any atom is 0.281 e. The lowest BCUT2D eigenvalue weighted by atomic mass is 10.1. The van der Waals surface area contributed by atoms with Crippen molar-refractivity contribution in [3.05, 3.63) is 70.5 Å². The van der Waals surface area contributed by atoms with E-state index >= 15 is 0 Å². The van der Waals surface area contributed by atoms with Crippen LogP contribution in [0.4, 0.5) is 0 Å². The van der Waals surface area contributed by atoms with Crippen molar-refractivity contribution in [2.24, 2.45) is 5.10 Å². The zero-order valence-electron chi connectivity index (χ0n) is 17.6. The SMILES string of the molecule is COc1ccc(-n2[nH]c(-c3ccccc3)c(C(C)=NN3CCN(C)CC3)c2=O)cc1. The Morgan fingerprint density at radius 1 is 1.00 bits per heavy atom. The van der Waals surface area contributed by atoms with Gasteiger partial charge in [0.25, 0.3) is 5.56 Å². The van der Waals surface area contributed by atoms with E-state index in [4.69, 9.17) is 9.84 Å². The molecule has 0 aliphatic carbocycles. The molecule has 1 N–H and O–H groups in total. The molecular weight excluding hydrogens is 378 g/mol. The molecule has 0 atom stereocenters. The van der Waals surface area contributed by atoms with Gasteiger partial charge in [-0.25, -0.2) is 4.68 Å². The molecule has 7 heteroatoms. The van der Waals surface area contributed by atoms with Gasteiger partial charge in [-0.3, -0.25) is 14.9 Å². The number of aromatic nitrogens is 2. The van der Waals surface area contributed by atoms with E-state index in [9.17, 15) is 4.79 Å². The van der Waals surface area contributed by atoms with Crippen molar-refractivity contribution < 1.29 is 4.74 Å². The summed E-state index contributed by atoms with van der Waals surface area (Å²) in [5.41, 5.74) is 3.66. The molecule has 1 saturated heterocycles. The average Bonchev–Trinajstić information content (AvgIpc) is 3.13. The van der Waals surface area contributed by atoms with E-state index in [1.165, 1.54) is 0 Å². The molecule has 1 aliphatic rings. The van der Waals surface area contributed by atoms with Gasteiger partial charge >= 0.3 is 0 Å². The highest BCUT2D eigenvalue weighted by Crippen LogP contribution is 2.22. The summed E-state index contributed by atoms with van der Waals surface area (Å²) in [6.45, 7) is 5.54. The summed E-state index contributed by atoms with van der Waals surface area (Å²) in [7, 11) is 3.74. The number of hydrogen-bond donors (Lipinski definition) is 1. The predicted molar refractivity (Wildman–Crippen MR) is 120 cm³/mol. The lowest BCUT2D eigenvalue weighted by Gasteiger charge is -2.30. The van der Waals surface area contributed by atoms with Crippen LogP contribution >= 0.6 is 0 Å². The second-order valence-electron chi connectivity index (χ2n) is 7.51. The van der Waals surface area contributed by atoms with Crippen LogP contribution in [0.25, 0.3) is 16.9 Å². The van der Waals surface area contributed by atoms with Crippen LogP contribution in [0.1, 0.15) is 12.5 Å². The van der Waals surface area contributed by atoms with E-state index in [-0.39, 0.29) is 5.56 Å². The highest BCUT2D eigenvalue weighted by Gasteiger charge is 2.21. The maximum absolute atomic E-state index is 13.4. The van der Waals surface area contributed by atoms with Crippen molar-refractivity contribution in [3.8, 4) is 22.7 Å². The molecule has 0 bridgehead atoms. The number of hydrogen-bond acceptors (Lipinski definition) is 5. The van der Waals surface area contributed by atoms with Crippen LogP contribution < -0.4 is 10.3 Å². The van der Waals surface area contributed by atoms with E-state index in [0.717, 1.165) is 48.9 Å². The fraction of sp³-hybridized carbons (Fsp3) is 0.304. The molecule has 1 fully saturated rings. The van der Waals surface area contributed by atoms with Crippen LogP contribution in [-0.2, 0) is 0 Å². The number of likely N-dealkylation sites (N-methyl/N-ethyl adjacent to an activating group) is 1. The molecule has 3 aromatic rings. The van der Waals surface area contributed by atoms with Gasteiger partial charge in [-0.05, 0) is 38.2 Å². The highest BCUT2D eigenvalue weighted by molar-refractivity contribution is 6.03. The molecule has 0 saturated carbocycles. The molecule has 1 aliphatic heterocycles. The van der Waals surface area contributed by atoms with E-state index < -0.39 is 0 Å². The Morgan fingerprint density at radius 3 is 2.30 bits per heavy atom. The average molecular weight is 406 g/mol. The number of nitrogens with one attached hydrogen (secondary N) is 1. The largest absolute Gasteiger partial charge is 0.497 e. The number of piperazine rings is 1. The van der Waals surface area contributed by atoms with Crippen LogP contribution in [0.2, 0.25) is 0 Å². The van der Waals surface area contributed by atoms with Crippen LogP contribution in [0, 0.1) is 0 Å². The summed E-state index contributed by atoms with van der Waals surface area (Å²) >= 11 is 0. The fourth-order valence-corrected chi connectivity index (χ4v) is 3.66. The number of rotatable bonds is 5. The monoisotopic (exact) mass is 405 g/mol. The standard InChI is InChI=1S/C23H27N5O2/c1-17(24-27-15-13-26(2)14-16-27)21-22(18-7-5-4-6-8-18)25-28(23(21)29)19-9-11-20(30-3)12-10-19/h4-12,25H,13-16H2,1-3H3. The first kappa shape index (κ1) is 20.0. The third-order valence-corrected chi connectivity index (χ3v) is 5.42. The van der Waals surface area contributed by atoms with Crippen LogP contribution in [-0.4, -0.2) is 65.7 Å². The highest BCUT2D eigenvalue weighted by atomic mass is 16.5. The van der Waals surface area contributed by atoms with Crippen molar-refractivity contribution >= 4 is 5.71 Å². The number of hydrazone groups is 1. The van der Waals surface area contributed by atoms with Gasteiger partial charge < -0.3 is 9.64 Å². The molecule has 0 unspecified atom stereocenters. The summed E-state index contributed by atoms with van der Waals surface area (Å²) in [5.74, 6) is 0.745. The number of H-pyrrole nitrogens is 1. The minimum absolute atomic E-state index is 0.116. The lowest BCUT2D eigenvalue weighted by Crippen LogP contribution is -2.42.